The fraction of sp³-hybridized carbons (Fsp3) is 0.350. The van der Waals surface area contributed by atoms with E-state index in [4.69, 9.17) is 16.3 Å². The lowest BCUT2D eigenvalue weighted by Gasteiger charge is -2.19. The molecule has 0 aromatic heterocycles. The molecule has 1 saturated heterocycles. The van der Waals surface area contributed by atoms with Crippen molar-refractivity contribution in [2.24, 2.45) is 0 Å². The maximum Gasteiger partial charge on any atom is 0.251 e. The largest absolute Gasteiger partial charge is 0.492 e. The van der Waals surface area contributed by atoms with E-state index in [0.29, 0.717) is 24.7 Å². The molecule has 3 rings (SSSR count). The third kappa shape index (κ3) is 4.48. The Morgan fingerprint density at radius 2 is 1.89 bits per heavy atom. The summed E-state index contributed by atoms with van der Waals surface area (Å²) in [6, 6.07) is 11.7. The van der Waals surface area contributed by atoms with Gasteiger partial charge in [-0.05, 0) is 49.6 Å². The van der Waals surface area contributed by atoms with E-state index in [1.54, 1.807) is 19.1 Å². The Hall–Kier alpha value is -2.09. The molecule has 150 valence electrons. The first kappa shape index (κ1) is 20.6. The van der Waals surface area contributed by atoms with E-state index in [2.05, 4.69) is 5.32 Å². The Balaban J connectivity index is 1.85. The summed E-state index contributed by atoms with van der Waals surface area (Å²) < 4.78 is 33.0. The van der Waals surface area contributed by atoms with Gasteiger partial charge in [0.2, 0.25) is 10.0 Å². The molecule has 0 radical (unpaired) electrons. The highest BCUT2D eigenvalue weighted by atomic mass is 35.5. The van der Waals surface area contributed by atoms with Gasteiger partial charge >= 0.3 is 0 Å². The van der Waals surface area contributed by atoms with Crippen LogP contribution in [0.3, 0.4) is 0 Å². The minimum Gasteiger partial charge on any atom is -0.492 e. The van der Waals surface area contributed by atoms with Gasteiger partial charge in [0.25, 0.3) is 5.91 Å². The predicted octanol–water partition coefficient (Wildman–Crippen LogP) is 3.45. The SMILES string of the molecule is CCOc1ccc(C(=O)NCc2ccccc2Cl)cc1S(=O)(=O)N1CCCC1. The zero-order valence-corrected chi connectivity index (χ0v) is 17.2. The number of benzene rings is 2. The van der Waals surface area contributed by atoms with Gasteiger partial charge in [-0.3, -0.25) is 4.79 Å². The van der Waals surface area contributed by atoms with Crippen molar-refractivity contribution >= 4 is 27.5 Å². The molecule has 2 aromatic rings. The lowest BCUT2D eigenvalue weighted by Crippen LogP contribution is -2.29. The summed E-state index contributed by atoms with van der Waals surface area (Å²) in [7, 11) is -3.71. The maximum absolute atomic E-state index is 13.0. The Labute approximate surface area is 170 Å². The van der Waals surface area contributed by atoms with Crippen LogP contribution in [0.25, 0.3) is 0 Å². The van der Waals surface area contributed by atoms with Gasteiger partial charge < -0.3 is 10.1 Å². The van der Waals surface area contributed by atoms with E-state index in [9.17, 15) is 13.2 Å². The van der Waals surface area contributed by atoms with Gasteiger partial charge in [0.1, 0.15) is 10.6 Å². The van der Waals surface area contributed by atoms with E-state index in [1.165, 1.54) is 16.4 Å². The fourth-order valence-corrected chi connectivity index (χ4v) is 4.99. The number of nitrogens with one attached hydrogen (secondary N) is 1. The number of sulfonamides is 1. The molecule has 28 heavy (non-hydrogen) atoms. The van der Waals surface area contributed by atoms with Crippen molar-refractivity contribution in [1.82, 2.24) is 9.62 Å². The van der Waals surface area contributed by atoms with Crippen molar-refractivity contribution in [1.29, 1.82) is 0 Å². The van der Waals surface area contributed by atoms with Crippen LogP contribution in [-0.4, -0.2) is 38.3 Å². The van der Waals surface area contributed by atoms with Crippen molar-refractivity contribution in [3.8, 4) is 5.75 Å². The zero-order chi connectivity index (χ0) is 20.1. The van der Waals surface area contributed by atoms with Crippen LogP contribution in [0.5, 0.6) is 5.75 Å². The lowest BCUT2D eigenvalue weighted by molar-refractivity contribution is 0.0950. The molecule has 1 amide bonds. The monoisotopic (exact) mass is 422 g/mol. The molecule has 1 heterocycles. The van der Waals surface area contributed by atoms with Crippen LogP contribution in [0.15, 0.2) is 47.4 Å². The quantitative estimate of drug-likeness (QED) is 0.741. The first-order valence-corrected chi connectivity index (χ1v) is 11.0. The number of hydrogen-bond acceptors (Lipinski definition) is 4. The highest BCUT2D eigenvalue weighted by molar-refractivity contribution is 7.89. The third-order valence-electron chi connectivity index (χ3n) is 4.59. The van der Waals surface area contributed by atoms with Crippen LogP contribution < -0.4 is 10.1 Å². The molecule has 6 nitrogen and oxygen atoms in total. The number of hydrogen-bond donors (Lipinski definition) is 1. The summed E-state index contributed by atoms with van der Waals surface area (Å²) in [6.07, 6.45) is 1.67. The second-order valence-electron chi connectivity index (χ2n) is 6.48. The summed E-state index contributed by atoms with van der Waals surface area (Å²) in [4.78, 5) is 12.6. The van der Waals surface area contributed by atoms with Gasteiger partial charge in [-0.25, -0.2) is 8.42 Å². The van der Waals surface area contributed by atoms with Crippen molar-refractivity contribution in [2.45, 2.75) is 31.2 Å². The van der Waals surface area contributed by atoms with Crippen LogP contribution in [0.4, 0.5) is 0 Å². The van der Waals surface area contributed by atoms with Gasteiger partial charge in [-0.15, -0.1) is 0 Å². The average Bonchev–Trinajstić information content (AvgIpc) is 3.23. The summed E-state index contributed by atoms with van der Waals surface area (Å²) in [5.74, 6) is -0.113. The average molecular weight is 423 g/mol. The van der Waals surface area contributed by atoms with Crippen LogP contribution in [0, 0.1) is 0 Å². The number of amides is 1. The van der Waals surface area contributed by atoms with Gasteiger partial charge in [0.15, 0.2) is 0 Å². The molecule has 0 saturated carbocycles. The molecule has 0 aliphatic carbocycles. The number of rotatable bonds is 7. The molecule has 1 N–H and O–H groups in total. The minimum atomic E-state index is -3.71. The first-order chi connectivity index (χ1) is 13.4. The zero-order valence-electron chi connectivity index (χ0n) is 15.7. The lowest BCUT2D eigenvalue weighted by atomic mass is 10.2. The van der Waals surface area contributed by atoms with E-state index >= 15 is 0 Å². The van der Waals surface area contributed by atoms with Gasteiger partial charge in [-0.1, -0.05) is 29.8 Å². The number of carbonyl (C=O) groups excluding carboxylic acids is 1. The second kappa shape index (κ2) is 8.94. The van der Waals surface area contributed by atoms with Crippen molar-refractivity contribution in [3.63, 3.8) is 0 Å². The third-order valence-corrected chi connectivity index (χ3v) is 6.87. The Morgan fingerprint density at radius 1 is 1.18 bits per heavy atom. The number of ether oxygens (including phenoxy) is 1. The second-order valence-corrected chi connectivity index (χ2v) is 8.79. The molecule has 0 bridgehead atoms. The molecule has 1 aliphatic rings. The van der Waals surface area contributed by atoms with Crippen LogP contribution in [0.1, 0.15) is 35.7 Å². The summed E-state index contributed by atoms with van der Waals surface area (Å²) in [5.41, 5.74) is 1.04. The highest BCUT2D eigenvalue weighted by Gasteiger charge is 2.30. The van der Waals surface area contributed by atoms with Crippen LogP contribution >= 0.6 is 11.6 Å². The van der Waals surface area contributed by atoms with E-state index in [1.807, 2.05) is 18.2 Å². The molecular weight excluding hydrogens is 400 g/mol. The van der Waals surface area contributed by atoms with E-state index < -0.39 is 10.0 Å². The van der Waals surface area contributed by atoms with Crippen molar-refractivity contribution in [2.75, 3.05) is 19.7 Å². The maximum atomic E-state index is 13.0. The number of nitrogens with zero attached hydrogens (tertiary/aromatic N) is 1. The fourth-order valence-electron chi connectivity index (χ4n) is 3.11. The normalized spacial score (nSPS) is 14.8. The van der Waals surface area contributed by atoms with Gasteiger partial charge in [0.05, 0.1) is 6.61 Å². The Kier molecular flexibility index (Phi) is 6.59. The van der Waals surface area contributed by atoms with Gasteiger partial charge in [-0.2, -0.15) is 4.31 Å². The molecule has 8 heteroatoms. The Bertz CT molecular complexity index is 956. The topological polar surface area (TPSA) is 75.7 Å². The first-order valence-electron chi connectivity index (χ1n) is 9.22. The highest BCUT2D eigenvalue weighted by Crippen LogP contribution is 2.30. The number of carbonyl (C=O) groups is 1. The smallest absolute Gasteiger partial charge is 0.251 e. The van der Waals surface area contributed by atoms with Crippen LogP contribution in [-0.2, 0) is 16.6 Å². The summed E-state index contributed by atoms with van der Waals surface area (Å²) in [5, 5.41) is 3.34. The molecule has 2 aromatic carbocycles. The molecule has 0 spiro atoms. The van der Waals surface area contributed by atoms with Crippen molar-refractivity contribution in [3.05, 3.63) is 58.6 Å². The summed E-state index contributed by atoms with van der Waals surface area (Å²) >= 11 is 6.11. The van der Waals surface area contributed by atoms with E-state index in [0.717, 1.165) is 18.4 Å². The van der Waals surface area contributed by atoms with Gasteiger partial charge in [0, 0.05) is 30.2 Å². The van der Waals surface area contributed by atoms with E-state index in [-0.39, 0.29) is 28.7 Å². The predicted molar refractivity (Wildman–Crippen MR) is 108 cm³/mol. The van der Waals surface area contributed by atoms with Crippen LogP contribution in [0.2, 0.25) is 5.02 Å². The minimum absolute atomic E-state index is 0.0293. The molecule has 1 aliphatic heterocycles. The number of halogens is 1. The molecule has 1 fully saturated rings. The summed E-state index contributed by atoms with van der Waals surface area (Å²) in [6.45, 7) is 3.34. The molecular formula is C20H23ClN2O4S. The molecule has 0 unspecified atom stereocenters. The molecule has 0 atom stereocenters. The van der Waals surface area contributed by atoms with Crippen molar-refractivity contribution < 1.29 is 17.9 Å². The standard InChI is InChI=1S/C20H23ClN2O4S/c1-2-27-18-10-9-15(13-19(18)28(25,26)23-11-5-6-12-23)20(24)22-14-16-7-3-4-8-17(16)21/h3-4,7-10,13H,2,5-6,11-12,14H2,1H3,(H,22,24). The Morgan fingerprint density at radius 3 is 2.57 bits per heavy atom.